The normalized spacial score (nSPS) is 22.0. The van der Waals surface area contributed by atoms with Crippen LogP contribution in [0.25, 0.3) is 0 Å². The fourth-order valence-electron chi connectivity index (χ4n) is 3.35. The van der Waals surface area contributed by atoms with Crippen molar-refractivity contribution in [1.29, 1.82) is 0 Å². The van der Waals surface area contributed by atoms with Gasteiger partial charge >= 0.3 is 0 Å². The van der Waals surface area contributed by atoms with Crippen molar-refractivity contribution < 1.29 is 19.1 Å². The molecule has 2 atom stereocenters. The summed E-state index contributed by atoms with van der Waals surface area (Å²) >= 11 is 0. The van der Waals surface area contributed by atoms with Crippen molar-refractivity contribution in [2.75, 3.05) is 30.0 Å². The van der Waals surface area contributed by atoms with E-state index in [0.717, 1.165) is 18.8 Å². The van der Waals surface area contributed by atoms with Gasteiger partial charge < -0.3 is 19.7 Å². The number of nitrogens with zero attached hydrogens (tertiary/aromatic N) is 1. The third-order valence-electron chi connectivity index (χ3n) is 4.89. The first-order valence-corrected chi connectivity index (χ1v) is 9.18. The fourth-order valence-corrected chi connectivity index (χ4v) is 3.35. The van der Waals surface area contributed by atoms with E-state index in [-0.39, 0.29) is 23.8 Å². The van der Waals surface area contributed by atoms with Crippen LogP contribution in [-0.4, -0.2) is 37.7 Å². The van der Waals surface area contributed by atoms with Gasteiger partial charge in [-0.3, -0.25) is 9.59 Å². The summed E-state index contributed by atoms with van der Waals surface area (Å²) in [6.45, 7) is 3.48. The summed E-state index contributed by atoms with van der Waals surface area (Å²) in [7, 11) is 0. The highest BCUT2D eigenvalue weighted by atomic mass is 16.5. The second kappa shape index (κ2) is 7.40. The molecule has 6 heteroatoms. The Morgan fingerprint density at radius 2 is 1.96 bits per heavy atom. The second-order valence-electron chi connectivity index (χ2n) is 6.95. The standard InChI is InChI=1S/C21H22N2O4/c1-14-12-23(19-5-3-2-4-18(19)22-20(14)24)21(25)15-6-8-16(9-7-15)27-17-10-11-26-13-17/h2-9,14,17H,10-13H2,1H3,(H,22,24). The fraction of sp³-hybridized carbons (Fsp3) is 0.333. The predicted molar refractivity (Wildman–Crippen MR) is 102 cm³/mol. The summed E-state index contributed by atoms with van der Waals surface area (Å²) in [4.78, 5) is 27.0. The Balaban J connectivity index is 1.57. The minimum Gasteiger partial charge on any atom is -0.488 e. The molecule has 0 saturated carbocycles. The Bertz CT molecular complexity index is 844. The van der Waals surface area contributed by atoms with E-state index in [1.807, 2.05) is 43.3 Å². The van der Waals surface area contributed by atoms with Gasteiger partial charge in [0, 0.05) is 18.5 Å². The van der Waals surface area contributed by atoms with E-state index in [0.29, 0.717) is 30.1 Å². The van der Waals surface area contributed by atoms with Crippen molar-refractivity contribution in [2.45, 2.75) is 19.4 Å². The van der Waals surface area contributed by atoms with E-state index < -0.39 is 0 Å². The number of carbonyl (C=O) groups excluding carboxylic acids is 2. The van der Waals surface area contributed by atoms with E-state index in [1.165, 1.54) is 0 Å². The highest BCUT2D eigenvalue weighted by Gasteiger charge is 2.29. The van der Waals surface area contributed by atoms with Gasteiger partial charge in [0.05, 0.1) is 30.5 Å². The quantitative estimate of drug-likeness (QED) is 0.906. The lowest BCUT2D eigenvalue weighted by atomic mass is 10.1. The van der Waals surface area contributed by atoms with Gasteiger partial charge in [-0.2, -0.15) is 0 Å². The second-order valence-corrected chi connectivity index (χ2v) is 6.95. The molecule has 2 aliphatic heterocycles. The minimum absolute atomic E-state index is 0.0713. The van der Waals surface area contributed by atoms with Crippen molar-refractivity contribution in [3.05, 3.63) is 54.1 Å². The highest BCUT2D eigenvalue weighted by molar-refractivity contribution is 6.10. The van der Waals surface area contributed by atoms with Gasteiger partial charge in [0.2, 0.25) is 5.91 Å². The number of hydrogen-bond donors (Lipinski definition) is 1. The van der Waals surface area contributed by atoms with Crippen molar-refractivity contribution in [1.82, 2.24) is 0 Å². The maximum atomic E-state index is 13.1. The molecule has 0 bridgehead atoms. The predicted octanol–water partition coefficient (Wildman–Crippen LogP) is 3.09. The summed E-state index contributed by atoms with van der Waals surface area (Å²) < 4.78 is 11.2. The zero-order valence-corrected chi connectivity index (χ0v) is 15.2. The third kappa shape index (κ3) is 3.66. The number of hydrogen-bond acceptors (Lipinski definition) is 4. The van der Waals surface area contributed by atoms with Crippen LogP contribution in [0.1, 0.15) is 23.7 Å². The van der Waals surface area contributed by atoms with Crippen LogP contribution >= 0.6 is 0 Å². The first kappa shape index (κ1) is 17.5. The largest absolute Gasteiger partial charge is 0.488 e. The summed E-state index contributed by atoms with van der Waals surface area (Å²) in [5.41, 5.74) is 1.92. The average molecular weight is 366 g/mol. The van der Waals surface area contributed by atoms with Gasteiger partial charge in [-0.25, -0.2) is 0 Å². The van der Waals surface area contributed by atoms with E-state index in [2.05, 4.69) is 5.32 Å². The Morgan fingerprint density at radius 1 is 1.19 bits per heavy atom. The SMILES string of the molecule is CC1CN(C(=O)c2ccc(OC3CCOC3)cc2)c2ccccc2NC1=O. The first-order valence-electron chi connectivity index (χ1n) is 9.18. The summed E-state index contributed by atoms with van der Waals surface area (Å²) in [6.07, 6.45) is 0.950. The van der Waals surface area contributed by atoms with Crippen LogP contribution in [0.15, 0.2) is 48.5 Å². The van der Waals surface area contributed by atoms with E-state index in [9.17, 15) is 9.59 Å². The molecule has 6 nitrogen and oxygen atoms in total. The number of nitrogens with one attached hydrogen (secondary N) is 1. The van der Waals surface area contributed by atoms with Crippen molar-refractivity contribution in [2.24, 2.45) is 5.92 Å². The van der Waals surface area contributed by atoms with Gasteiger partial charge in [-0.1, -0.05) is 19.1 Å². The Labute approximate surface area is 158 Å². The van der Waals surface area contributed by atoms with Crippen molar-refractivity contribution in [3.8, 4) is 5.75 Å². The van der Waals surface area contributed by atoms with Crippen LogP contribution in [0.5, 0.6) is 5.75 Å². The van der Waals surface area contributed by atoms with E-state index in [1.54, 1.807) is 17.0 Å². The monoisotopic (exact) mass is 366 g/mol. The zero-order chi connectivity index (χ0) is 18.8. The lowest BCUT2D eigenvalue weighted by Gasteiger charge is -2.23. The molecule has 2 aromatic rings. The smallest absolute Gasteiger partial charge is 0.258 e. The topological polar surface area (TPSA) is 67.9 Å². The van der Waals surface area contributed by atoms with Crippen LogP contribution < -0.4 is 15.0 Å². The minimum atomic E-state index is -0.300. The molecule has 0 aliphatic carbocycles. The molecule has 0 aromatic heterocycles. The van der Waals surface area contributed by atoms with Crippen LogP contribution in [0.4, 0.5) is 11.4 Å². The van der Waals surface area contributed by atoms with Crippen molar-refractivity contribution >= 4 is 23.2 Å². The van der Waals surface area contributed by atoms with Gasteiger partial charge in [0.25, 0.3) is 5.91 Å². The molecule has 1 saturated heterocycles. The Hall–Kier alpha value is -2.86. The number of fused-ring (bicyclic) bond motifs is 1. The number of carbonyl (C=O) groups is 2. The van der Waals surface area contributed by atoms with Gasteiger partial charge in [-0.15, -0.1) is 0 Å². The van der Waals surface area contributed by atoms with Crippen LogP contribution in [0, 0.1) is 5.92 Å². The lowest BCUT2D eigenvalue weighted by molar-refractivity contribution is -0.119. The van der Waals surface area contributed by atoms with Crippen LogP contribution in [0.2, 0.25) is 0 Å². The van der Waals surface area contributed by atoms with Gasteiger partial charge in [0.1, 0.15) is 11.9 Å². The van der Waals surface area contributed by atoms with Crippen LogP contribution in [0.3, 0.4) is 0 Å². The highest BCUT2D eigenvalue weighted by Crippen LogP contribution is 2.31. The Morgan fingerprint density at radius 3 is 2.70 bits per heavy atom. The molecule has 140 valence electrons. The molecule has 4 rings (SSSR count). The summed E-state index contributed by atoms with van der Waals surface area (Å²) in [6, 6.07) is 14.5. The number of para-hydroxylation sites is 2. The van der Waals surface area contributed by atoms with E-state index in [4.69, 9.17) is 9.47 Å². The van der Waals surface area contributed by atoms with Gasteiger partial charge in [-0.05, 0) is 36.4 Å². The van der Waals surface area contributed by atoms with Gasteiger partial charge in [0.15, 0.2) is 0 Å². The summed E-state index contributed by atoms with van der Waals surface area (Å²) in [5, 5.41) is 2.89. The lowest BCUT2D eigenvalue weighted by Crippen LogP contribution is -2.35. The first-order chi connectivity index (χ1) is 13.1. The molecule has 1 fully saturated rings. The maximum Gasteiger partial charge on any atom is 0.258 e. The summed E-state index contributed by atoms with van der Waals surface area (Å²) in [5.74, 6) is 0.205. The molecular weight excluding hydrogens is 344 g/mol. The molecular formula is C21H22N2O4. The molecule has 2 heterocycles. The number of rotatable bonds is 3. The molecule has 27 heavy (non-hydrogen) atoms. The number of amides is 2. The number of ether oxygens (including phenoxy) is 2. The van der Waals surface area contributed by atoms with E-state index >= 15 is 0 Å². The molecule has 2 aliphatic rings. The molecule has 0 spiro atoms. The number of anilines is 2. The Kier molecular flexibility index (Phi) is 4.81. The maximum absolute atomic E-state index is 13.1. The third-order valence-corrected chi connectivity index (χ3v) is 4.89. The van der Waals surface area contributed by atoms with Crippen LogP contribution in [-0.2, 0) is 9.53 Å². The molecule has 2 aromatic carbocycles. The molecule has 2 unspecified atom stereocenters. The number of benzene rings is 2. The molecule has 1 N–H and O–H groups in total. The van der Waals surface area contributed by atoms with Crippen molar-refractivity contribution in [3.63, 3.8) is 0 Å². The molecule has 2 amide bonds. The molecule has 0 radical (unpaired) electrons. The average Bonchev–Trinajstić information content (AvgIpc) is 3.15. The zero-order valence-electron chi connectivity index (χ0n) is 15.2.